The van der Waals surface area contributed by atoms with E-state index in [1.54, 1.807) is 18.2 Å². The maximum absolute atomic E-state index is 10.9. The molecule has 16 heavy (non-hydrogen) atoms. The van der Waals surface area contributed by atoms with Gasteiger partial charge in [-0.25, -0.2) is 9.59 Å². The van der Waals surface area contributed by atoms with Crippen LogP contribution in [0.4, 0.5) is 0 Å². The van der Waals surface area contributed by atoms with Gasteiger partial charge in [0.2, 0.25) is 0 Å². The molecule has 0 saturated carbocycles. The molecule has 0 unspecified atom stereocenters. The number of rotatable bonds is 4. The fourth-order valence-electron chi connectivity index (χ4n) is 1.08. The van der Waals surface area contributed by atoms with Crippen molar-refractivity contribution in [1.82, 2.24) is 0 Å². The first-order valence-corrected chi connectivity index (χ1v) is 4.30. The number of hydrogen-bond acceptors (Lipinski definition) is 3. The van der Waals surface area contributed by atoms with Crippen LogP contribution in [0.3, 0.4) is 0 Å². The van der Waals surface area contributed by atoms with E-state index in [1.807, 2.05) is 0 Å². The van der Waals surface area contributed by atoms with Crippen LogP contribution in [0.2, 0.25) is 0 Å². The van der Waals surface area contributed by atoms with Crippen molar-refractivity contribution in [2.75, 3.05) is 0 Å². The number of carbonyl (C=O) groups excluding carboxylic acids is 1. The molecular weight excluding hydrogens is 212 g/mol. The summed E-state index contributed by atoms with van der Waals surface area (Å²) in [6.45, 7) is 0. The third kappa shape index (κ3) is 2.78. The fraction of sp³-hybridized carbons (Fsp3) is 0. The Hall–Kier alpha value is -2.43. The van der Waals surface area contributed by atoms with Crippen molar-refractivity contribution in [1.29, 1.82) is 0 Å². The van der Waals surface area contributed by atoms with Gasteiger partial charge in [0.1, 0.15) is 0 Å². The number of aliphatic carboxylic acids is 2. The largest absolute Gasteiger partial charge is 0.478 e. The summed E-state index contributed by atoms with van der Waals surface area (Å²) in [6.07, 6.45) is 0.597. The molecule has 0 radical (unpaired) electrons. The highest BCUT2D eigenvalue weighted by Gasteiger charge is 2.15. The van der Waals surface area contributed by atoms with Crippen LogP contribution in [0, 0.1) is 0 Å². The molecule has 0 spiro atoms. The molecule has 0 aliphatic carbocycles. The zero-order valence-electron chi connectivity index (χ0n) is 8.08. The minimum absolute atomic E-state index is 0.282. The van der Waals surface area contributed by atoms with Gasteiger partial charge in [0.05, 0.1) is 5.57 Å². The van der Waals surface area contributed by atoms with Gasteiger partial charge in [-0.15, -0.1) is 0 Å². The van der Waals surface area contributed by atoms with Gasteiger partial charge in [-0.1, -0.05) is 30.3 Å². The number of benzene rings is 1. The molecule has 5 nitrogen and oxygen atoms in total. The Morgan fingerprint density at radius 3 is 1.94 bits per heavy atom. The average molecular weight is 220 g/mol. The fourth-order valence-corrected chi connectivity index (χ4v) is 1.08. The minimum atomic E-state index is -1.69. The highest BCUT2D eigenvalue weighted by atomic mass is 16.4. The lowest BCUT2D eigenvalue weighted by atomic mass is 10.0. The number of carbonyl (C=O) groups is 3. The predicted octanol–water partition coefficient (Wildman–Crippen LogP) is 0.808. The van der Waals surface area contributed by atoms with Crippen molar-refractivity contribution in [3.05, 3.63) is 42.0 Å². The second kappa shape index (κ2) is 4.88. The molecule has 0 atom stereocenters. The van der Waals surface area contributed by atoms with Gasteiger partial charge in [0, 0.05) is 6.08 Å². The summed E-state index contributed by atoms with van der Waals surface area (Å²) in [7, 11) is 0. The molecule has 1 rings (SSSR count). The minimum Gasteiger partial charge on any atom is -0.478 e. The Morgan fingerprint density at radius 2 is 1.50 bits per heavy atom. The monoisotopic (exact) mass is 220 g/mol. The molecule has 0 heterocycles. The average Bonchev–Trinajstić information content (AvgIpc) is 2.26. The summed E-state index contributed by atoms with van der Waals surface area (Å²) in [5.74, 6) is -4.29. The lowest BCUT2D eigenvalue weighted by Gasteiger charge is -2.00. The topological polar surface area (TPSA) is 91.7 Å². The van der Waals surface area contributed by atoms with Crippen LogP contribution in [0.1, 0.15) is 5.56 Å². The van der Waals surface area contributed by atoms with E-state index >= 15 is 0 Å². The zero-order valence-corrected chi connectivity index (χ0v) is 8.08. The SMILES string of the molecule is O=C(O)C(=O)/C=C(\C(=O)O)c1ccccc1. The molecule has 0 aliphatic rings. The Morgan fingerprint density at radius 1 is 0.938 bits per heavy atom. The summed E-state index contributed by atoms with van der Waals surface area (Å²) in [5, 5.41) is 17.2. The Labute approximate surface area is 90.6 Å². The first-order chi connectivity index (χ1) is 7.52. The lowest BCUT2D eigenvalue weighted by Crippen LogP contribution is -2.11. The Balaban J connectivity index is 3.16. The predicted molar refractivity (Wildman–Crippen MR) is 54.7 cm³/mol. The van der Waals surface area contributed by atoms with E-state index in [2.05, 4.69) is 0 Å². The zero-order chi connectivity index (χ0) is 12.1. The van der Waals surface area contributed by atoms with Gasteiger partial charge >= 0.3 is 11.9 Å². The van der Waals surface area contributed by atoms with E-state index in [0.29, 0.717) is 6.08 Å². The van der Waals surface area contributed by atoms with Crippen LogP contribution in [0.15, 0.2) is 36.4 Å². The molecule has 1 aromatic carbocycles. The third-order valence-corrected chi connectivity index (χ3v) is 1.80. The van der Waals surface area contributed by atoms with Crippen molar-refractivity contribution in [2.45, 2.75) is 0 Å². The Kier molecular flexibility index (Phi) is 3.55. The highest BCUT2D eigenvalue weighted by molar-refractivity contribution is 6.41. The van der Waals surface area contributed by atoms with Crippen LogP contribution < -0.4 is 0 Å². The van der Waals surface area contributed by atoms with E-state index in [0.717, 1.165) is 0 Å². The molecule has 2 N–H and O–H groups in total. The van der Waals surface area contributed by atoms with E-state index in [-0.39, 0.29) is 11.1 Å². The first kappa shape index (κ1) is 11.6. The Bertz CT molecular complexity index is 459. The third-order valence-electron chi connectivity index (χ3n) is 1.80. The van der Waals surface area contributed by atoms with E-state index < -0.39 is 17.7 Å². The second-order valence-corrected chi connectivity index (χ2v) is 2.90. The number of carboxylic acid groups (broad SMARTS) is 2. The van der Waals surface area contributed by atoms with Crippen molar-refractivity contribution >= 4 is 23.3 Å². The van der Waals surface area contributed by atoms with Crippen molar-refractivity contribution in [3.8, 4) is 0 Å². The first-order valence-electron chi connectivity index (χ1n) is 4.30. The maximum Gasteiger partial charge on any atom is 0.376 e. The molecule has 0 aromatic heterocycles. The summed E-state index contributed by atoms with van der Waals surface area (Å²) in [6, 6.07) is 7.83. The lowest BCUT2D eigenvalue weighted by molar-refractivity contribution is -0.146. The van der Waals surface area contributed by atoms with Crippen LogP contribution in [0.25, 0.3) is 5.57 Å². The van der Waals surface area contributed by atoms with Crippen LogP contribution in [-0.2, 0) is 14.4 Å². The standard InChI is InChI=1S/C11H8O5/c12-9(11(15)16)6-8(10(13)14)7-4-2-1-3-5-7/h1-6H,(H,13,14)(H,15,16)/b8-6-. The van der Waals surface area contributed by atoms with Gasteiger partial charge in [0.25, 0.3) is 5.78 Å². The van der Waals surface area contributed by atoms with Gasteiger partial charge in [0.15, 0.2) is 0 Å². The van der Waals surface area contributed by atoms with Crippen LogP contribution in [-0.4, -0.2) is 27.9 Å². The summed E-state index contributed by atoms with van der Waals surface area (Å²) in [4.78, 5) is 32.0. The van der Waals surface area contributed by atoms with Crippen molar-refractivity contribution in [3.63, 3.8) is 0 Å². The van der Waals surface area contributed by atoms with Gasteiger partial charge in [-0.2, -0.15) is 0 Å². The highest BCUT2D eigenvalue weighted by Crippen LogP contribution is 2.14. The van der Waals surface area contributed by atoms with Crippen molar-refractivity contribution in [2.24, 2.45) is 0 Å². The second-order valence-electron chi connectivity index (χ2n) is 2.90. The van der Waals surface area contributed by atoms with Gasteiger partial charge < -0.3 is 10.2 Å². The smallest absolute Gasteiger partial charge is 0.376 e. The quantitative estimate of drug-likeness (QED) is 0.578. The molecule has 0 amide bonds. The molecule has 0 saturated heterocycles. The summed E-state index contributed by atoms with van der Waals surface area (Å²) in [5.41, 5.74) is -0.0578. The molecule has 1 aromatic rings. The number of ketones is 1. The molecule has 0 aliphatic heterocycles. The number of hydrogen-bond donors (Lipinski definition) is 2. The normalized spacial score (nSPS) is 10.9. The van der Waals surface area contributed by atoms with Gasteiger partial charge in [-0.05, 0) is 5.56 Å². The van der Waals surface area contributed by atoms with E-state index in [9.17, 15) is 14.4 Å². The summed E-state index contributed by atoms with van der Waals surface area (Å²) < 4.78 is 0. The van der Waals surface area contributed by atoms with E-state index in [4.69, 9.17) is 10.2 Å². The van der Waals surface area contributed by atoms with Crippen molar-refractivity contribution < 1.29 is 24.6 Å². The molecule has 0 bridgehead atoms. The van der Waals surface area contributed by atoms with E-state index in [1.165, 1.54) is 12.1 Å². The number of carboxylic acids is 2. The van der Waals surface area contributed by atoms with Crippen LogP contribution in [0.5, 0.6) is 0 Å². The van der Waals surface area contributed by atoms with Gasteiger partial charge in [-0.3, -0.25) is 4.79 Å². The molecule has 5 heteroatoms. The maximum atomic E-state index is 10.9. The molecule has 0 fully saturated rings. The van der Waals surface area contributed by atoms with Crippen LogP contribution >= 0.6 is 0 Å². The molecular formula is C11H8O5. The summed E-state index contributed by atoms with van der Waals surface area (Å²) >= 11 is 0. The molecule has 82 valence electrons.